The highest BCUT2D eigenvalue weighted by Gasteiger charge is 2.11. The second-order valence-corrected chi connectivity index (χ2v) is 5.30. The lowest BCUT2D eigenvalue weighted by molar-refractivity contribution is 0.102. The maximum absolute atomic E-state index is 13.0. The lowest BCUT2D eigenvalue weighted by Crippen LogP contribution is -2.14. The van der Waals surface area contributed by atoms with Gasteiger partial charge in [-0.25, -0.2) is 9.37 Å². The smallest absolute Gasteiger partial charge is 0.257 e. The van der Waals surface area contributed by atoms with E-state index in [1.165, 1.54) is 30.3 Å². The summed E-state index contributed by atoms with van der Waals surface area (Å²) in [5, 5.41) is 2.71. The Bertz CT molecular complexity index is 912. The first-order chi connectivity index (χ1) is 12.0. The lowest BCUT2D eigenvalue weighted by Gasteiger charge is -2.10. The third kappa shape index (κ3) is 4.17. The number of carbonyl (C=O) groups excluding carboxylic acids is 1. The summed E-state index contributed by atoms with van der Waals surface area (Å²) < 4.78 is 31.6. The van der Waals surface area contributed by atoms with Crippen molar-refractivity contribution in [1.82, 2.24) is 4.98 Å². The summed E-state index contributed by atoms with van der Waals surface area (Å²) in [6.07, 6.45) is 0. The molecule has 4 nitrogen and oxygen atoms in total. The van der Waals surface area contributed by atoms with Crippen LogP contribution < -0.4 is 10.1 Å². The van der Waals surface area contributed by atoms with E-state index in [0.717, 1.165) is 6.07 Å². The van der Waals surface area contributed by atoms with E-state index in [0.29, 0.717) is 22.9 Å². The summed E-state index contributed by atoms with van der Waals surface area (Å²) in [7, 11) is 0. The summed E-state index contributed by atoms with van der Waals surface area (Å²) in [5.41, 5.74) is 1.09. The largest absolute Gasteiger partial charge is 0.457 e. The molecule has 0 saturated carbocycles. The maximum Gasteiger partial charge on any atom is 0.257 e. The molecule has 126 valence electrons. The number of nitrogens with zero attached hydrogens (tertiary/aromatic N) is 1. The van der Waals surface area contributed by atoms with Gasteiger partial charge in [0, 0.05) is 11.8 Å². The van der Waals surface area contributed by atoms with Gasteiger partial charge in [-0.05, 0) is 55.5 Å². The van der Waals surface area contributed by atoms with Gasteiger partial charge < -0.3 is 10.1 Å². The number of pyridine rings is 1. The highest BCUT2D eigenvalue weighted by Crippen LogP contribution is 2.24. The summed E-state index contributed by atoms with van der Waals surface area (Å²) in [6.45, 7) is 1.56. The lowest BCUT2D eigenvalue weighted by atomic mass is 10.2. The average molecular weight is 340 g/mol. The van der Waals surface area contributed by atoms with Crippen molar-refractivity contribution in [1.29, 1.82) is 0 Å². The number of benzene rings is 2. The average Bonchev–Trinajstić information content (AvgIpc) is 2.57. The van der Waals surface area contributed by atoms with E-state index in [2.05, 4.69) is 10.3 Å². The van der Waals surface area contributed by atoms with Crippen molar-refractivity contribution in [3.63, 3.8) is 0 Å². The molecule has 1 amide bonds. The first-order valence-corrected chi connectivity index (χ1v) is 7.49. The van der Waals surface area contributed by atoms with Crippen LogP contribution in [0.4, 0.5) is 14.5 Å². The number of rotatable bonds is 4. The number of anilines is 1. The van der Waals surface area contributed by atoms with Crippen molar-refractivity contribution in [2.45, 2.75) is 6.92 Å². The molecule has 25 heavy (non-hydrogen) atoms. The molecular formula is C19H14F2N2O2. The molecule has 1 heterocycles. The van der Waals surface area contributed by atoms with Crippen LogP contribution in [0.15, 0.2) is 60.7 Å². The predicted molar refractivity (Wildman–Crippen MR) is 89.8 cm³/mol. The molecule has 0 spiro atoms. The van der Waals surface area contributed by atoms with Gasteiger partial charge in [-0.1, -0.05) is 6.07 Å². The number of aryl methyl sites for hydroxylation is 1. The Balaban J connectivity index is 1.75. The van der Waals surface area contributed by atoms with Gasteiger partial charge in [0.25, 0.3) is 5.91 Å². The molecule has 0 fully saturated rings. The number of halogens is 2. The molecule has 1 N–H and O–H groups in total. The second kappa shape index (κ2) is 7.09. The number of ether oxygens (including phenoxy) is 1. The van der Waals surface area contributed by atoms with Crippen LogP contribution >= 0.6 is 0 Å². The summed E-state index contributed by atoms with van der Waals surface area (Å²) in [5.74, 6) is -0.425. The Labute approximate surface area is 143 Å². The normalized spacial score (nSPS) is 10.4. The molecule has 0 bridgehead atoms. The summed E-state index contributed by atoms with van der Waals surface area (Å²) in [6, 6.07) is 14.9. The van der Waals surface area contributed by atoms with Crippen LogP contribution in [0.25, 0.3) is 0 Å². The van der Waals surface area contributed by atoms with Gasteiger partial charge in [-0.15, -0.1) is 0 Å². The third-order valence-corrected chi connectivity index (χ3v) is 3.44. The SMILES string of the molecule is Cc1nc(F)ccc1C(=O)Nc1cccc(Oc2ccc(F)cc2)c1. The van der Waals surface area contributed by atoms with Crippen molar-refractivity contribution in [3.05, 3.63) is 83.7 Å². The maximum atomic E-state index is 13.0. The van der Waals surface area contributed by atoms with Gasteiger partial charge in [0.15, 0.2) is 0 Å². The Morgan fingerprint density at radius 1 is 1.00 bits per heavy atom. The topological polar surface area (TPSA) is 51.2 Å². The monoisotopic (exact) mass is 340 g/mol. The molecule has 0 aliphatic heterocycles. The number of carbonyl (C=O) groups is 1. The first kappa shape index (κ1) is 16.6. The Morgan fingerprint density at radius 3 is 2.48 bits per heavy atom. The molecule has 3 rings (SSSR count). The van der Waals surface area contributed by atoms with Gasteiger partial charge in [0.2, 0.25) is 5.95 Å². The van der Waals surface area contributed by atoms with E-state index in [1.807, 2.05) is 0 Å². The molecule has 0 saturated heterocycles. The number of hydrogen-bond acceptors (Lipinski definition) is 3. The molecule has 0 aliphatic rings. The minimum Gasteiger partial charge on any atom is -0.457 e. The van der Waals surface area contributed by atoms with Crippen molar-refractivity contribution < 1.29 is 18.3 Å². The van der Waals surface area contributed by atoms with Crippen molar-refractivity contribution >= 4 is 11.6 Å². The number of aromatic nitrogens is 1. The third-order valence-electron chi connectivity index (χ3n) is 3.44. The number of nitrogens with one attached hydrogen (secondary N) is 1. The molecule has 1 aromatic heterocycles. The number of amides is 1. The zero-order valence-corrected chi connectivity index (χ0v) is 13.3. The highest BCUT2D eigenvalue weighted by molar-refractivity contribution is 6.05. The standard InChI is InChI=1S/C19H14F2N2O2/c1-12-17(9-10-18(21)22-12)19(24)23-14-3-2-4-16(11-14)25-15-7-5-13(20)6-8-15/h2-11H,1H3,(H,23,24). The quantitative estimate of drug-likeness (QED) is 0.700. The van der Waals surface area contributed by atoms with Gasteiger partial charge in [0.05, 0.1) is 11.3 Å². The number of hydrogen-bond donors (Lipinski definition) is 1. The van der Waals surface area contributed by atoms with Crippen LogP contribution in [0, 0.1) is 18.7 Å². The van der Waals surface area contributed by atoms with Crippen LogP contribution in [0.5, 0.6) is 11.5 Å². The van der Waals surface area contributed by atoms with Gasteiger partial charge in [0.1, 0.15) is 17.3 Å². The summed E-state index contributed by atoms with van der Waals surface area (Å²) in [4.78, 5) is 15.9. The van der Waals surface area contributed by atoms with Crippen molar-refractivity contribution in [3.8, 4) is 11.5 Å². The van der Waals surface area contributed by atoms with E-state index >= 15 is 0 Å². The van der Waals surface area contributed by atoms with Crippen LogP contribution in [-0.2, 0) is 0 Å². The zero-order chi connectivity index (χ0) is 17.8. The van der Waals surface area contributed by atoms with Crippen LogP contribution in [-0.4, -0.2) is 10.9 Å². The second-order valence-electron chi connectivity index (χ2n) is 5.30. The fraction of sp³-hybridized carbons (Fsp3) is 0.0526. The molecular weight excluding hydrogens is 326 g/mol. The van der Waals surface area contributed by atoms with E-state index in [1.54, 1.807) is 31.2 Å². The fourth-order valence-electron chi connectivity index (χ4n) is 2.24. The predicted octanol–water partition coefficient (Wildman–Crippen LogP) is 4.71. The Kier molecular flexibility index (Phi) is 4.70. The molecule has 0 unspecified atom stereocenters. The minimum atomic E-state index is -0.635. The van der Waals surface area contributed by atoms with E-state index in [-0.39, 0.29) is 11.4 Å². The van der Waals surface area contributed by atoms with Crippen LogP contribution in [0.2, 0.25) is 0 Å². The summed E-state index contributed by atoms with van der Waals surface area (Å²) >= 11 is 0. The highest BCUT2D eigenvalue weighted by atomic mass is 19.1. The molecule has 2 aromatic carbocycles. The Hall–Kier alpha value is -3.28. The minimum absolute atomic E-state index is 0.284. The van der Waals surface area contributed by atoms with Gasteiger partial charge >= 0.3 is 0 Å². The zero-order valence-electron chi connectivity index (χ0n) is 13.3. The van der Waals surface area contributed by atoms with Gasteiger partial charge in [-0.2, -0.15) is 4.39 Å². The van der Waals surface area contributed by atoms with Crippen LogP contribution in [0.1, 0.15) is 16.1 Å². The van der Waals surface area contributed by atoms with Gasteiger partial charge in [-0.3, -0.25) is 4.79 Å². The molecule has 3 aromatic rings. The molecule has 0 atom stereocenters. The van der Waals surface area contributed by atoms with E-state index in [9.17, 15) is 13.6 Å². The Morgan fingerprint density at radius 2 is 1.76 bits per heavy atom. The van der Waals surface area contributed by atoms with Crippen LogP contribution in [0.3, 0.4) is 0 Å². The van der Waals surface area contributed by atoms with E-state index in [4.69, 9.17) is 4.74 Å². The first-order valence-electron chi connectivity index (χ1n) is 7.49. The molecule has 0 radical (unpaired) electrons. The van der Waals surface area contributed by atoms with Crippen molar-refractivity contribution in [2.75, 3.05) is 5.32 Å². The van der Waals surface area contributed by atoms with E-state index < -0.39 is 11.9 Å². The molecule has 6 heteroatoms. The fourth-order valence-corrected chi connectivity index (χ4v) is 2.24. The van der Waals surface area contributed by atoms with Crippen molar-refractivity contribution in [2.24, 2.45) is 0 Å². The molecule has 0 aliphatic carbocycles.